The maximum absolute atomic E-state index is 13.0. The summed E-state index contributed by atoms with van der Waals surface area (Å²) in [6, 6.07) is 4.88. The van der Waals surface area contributed by atoms with Gasteiger partial charge in [-0.25, -0.2) is 13.6 Å². The molecular weight excluding hydrogens is 278 g/mol. The molecule has 3 rings (SSSR count). The Balaban J connectivity index is 1.63. The zero-order valence-electron chi connectivity index (χ0n) is 11.6. The molecule has 2 aliphatic heterocycles. The lowest BCUT2D eigenvalue weighted by molar-refractivity contribution is 0.0130. The first-order valence-electron chi connectivity index (χ1n) is 7.17. The second kappa shape index (κ2) is 6.07. The van der Waals surface area contributed by atoms with Crippen molar-refractivity contribution in [2.24, 2.45) is 0 Å². The van der Waals surface area contributed by atoms with E-state index in [-0.39, 0.29) is 5.97 Å². The van der Waals surface area contributed by atoms with Crippen molar-refractivity contribution in [2.45, 2.75) is 25.5 Å². The highest BCUT2D eigenvalue weighted by Gasteiger charge is 2.29. The molecule has 0 spiro atoms. The lowest BCUT2D eigenvalue weighted by atomic mass is 10.0. The van der Waals surface area contributed by atoms with Gasteiger partial charge in [0.05, 0.1) is 11.6 Å². The number of fused-ring (bicyclic) bond motifs is 1. The van der Waals surface area contributed by atoms with Gasteiger partial charge < -0.3 is 10.1 Å². The van der Waals surface area contributed by atoms with Gasteiger partial charge >= 0.3 is 5.97 Å². The summed E-state index contributed by atoms with van der Waals surface area (Å²) in [7, 11) is 0. The van der Waals surface area contributed by atoms with Crippen LogP contribution >= 0.6 is 0 Å². The van der Waals surface area contributed by atoms with Gasteiger partial charge in [0.25, 0.3) is 6.43 Å². The van der Waals surface area contributed by atoms with E-state index in [2.05, 4.69) is 5.32 Å². The maximum Gasteiger partial charge on any atom is 0.338 e. The lowest BCUT2D eigenvalue weighted by Crippen LogP contribution is -2.54. The van der Waals surface area contributed by atoms with Gasteiger partial charge in [0.1, 0.15) is 6.61 Å². The molecule has 0 bridgehead atoms. The number of hydrogen-bond donors (Lipinski definition) is 1. The van der Waals surface area contributed by atoms with E-state index in [0.717, 1.165) is 17.7 Å². The van der Waals surface area contributed by atoms with Crippen molar-refractivity contribution in [3.8, 4) is 0 Å². The predicted octanol–water partition coefficient (Wildman–Crippen LogP) is 1.44. The maximum atomic E-state index is 13.0. The van der Waals surface area contributed by atoms with Gasteiger partial charge in [0, 0.05) is 31.7 Å². The van der Waals surface area contributed by atoms with Gasteiger partial charge in [0.15, 0.2) is 0 Å². The van der Waals surface area contributed by atoms with Crippen LogP contribution in [0.15, 0.2) is 18.2 Å². The van der Waals surface area contributed by atoms with Crippen molar-refractivity contribution in [2.75, 3.05) is 26.2 Å². The normalized spacial score (nSPS) is 22.4. The molecule has 0 amide bonds. The third-order valence-corrected chi connectivity index (χ3v) is 4.13. The topological polar surface area (TPSA) is 41.6 Å². The summed E-state index contributed by atoms with van der Waals surface area (Å²) in [5.74, 6) is -0.281. The fourth-order valence-electron chi connectivity index (χ4n) is 2.91. The largest absolute Gasteiger partial charge is 0.457 e. The molecule has 0 aromatic heterocycles. The van der Waals surface area contributed by atoms with Crippen LogP contribution in [0.5, 0.6) is 0 Å². The van der Waals surface area contributed by atoms with E-state index >= 15 is 0 Å². The monoisotopic (exact) mass is 296 g/mol. The van der Waals surface area contributed by atoms with E-state index in [1.807, 2.05) is 17.0 Å². The smallest absolute Gasteiger partial charge is 0.338 e. The second-order valence-corrected chi connectivity index (χ2v) is 5.46. The Morgan fingerprint density at radius 3 is 3.10 bits per heavy atom. The number of halogens is 2. The minimum absolute atomic E-state index is 0.281. The Morgan fingerprint density at radius 2 is 2.29 bits per heavy atom. The van der Waals surface area contributed by atoms with Crippen LogP contribution in [0.1, 0.15) is 21.5 Å². The summed E-state index contributed by atoms with van der Waals surface area (Å²) in [4.78, 5) is 13.2. The summed E-state index contributed by atoms with van der Waals surface area (Å²) >= 11 is 0. The molecule has 0 aliphatic carbocycles. The van der Waals surface area contributed by atoms with Crippen molar-refractivity contribution >= 4 is 5.97 Å². The van der Waals surface area contributed by atoms with E-state index in [9.17, 15) is 13.6 Å². The van der Waals surface area contributed by atoms with Crippen LogP contribution in [0.25, 0.3) is 0 Å². The molecule has 21 heavy (non-hydrogen) atoms. The Hall–Kier alpha value is -1.53. The van der Waals surface area contributed by atoms with Crippen molar-refractivity contribution in [3.05, 3.63) is 34.9 Å². The van der Waals surface area contributed by atoms with Crippen LogP contribution in [0.2, 0.25) is 0 Å². The third-order valence-electron chi connectivity index (χ3n) is 4.13. The Kier molecular flexibility index (Phi) is 4.17. The van der Waals surface area contributed by atoms with Crippen molar-refractivity contribution in [1.29, 1.82) is 0 Å². The number of esters is 1. The highest BCUT2D eigenvalue weighted by atomic mass is 19.3. The fourth-order valence-corrected chi connectivity index (χ4v) is 2.91. The van der Waals surface area contributed by atoms with Gasteiger partial charge in [-0.2, -0.15) is 0 Å². The van der Waals surface area contributed by atoms with Crippen molar-refractivity contribution in [3.63, 3.8) is 0 Å². The first kappa shape index (κ1) is 14.4. The summed E-state index contributed by atoms with van der Waals surface area (Å²) < 4.78 is 30.9. The summed E-state index contributed by atoms with van der Waals surface area (Å²) in [5, 5.41) is 3.01. The molecule has 114 valence electrons. The van der Waals surface area contributed by atoms with Crippen LogP contribution < -0.4 is 5.32 Å². The average Bonchev–Trinajstić information content (AvgIpc) is 2.86. The molecule has 1 N–H and O–H groups in total. The van der Waals surface area contributed by atoms with Gasteiger partial charge in [-0.1, -0.05) is 12.1 Å². The van der Waals surface area contributed by atoms with Gasteiger partial charge in [-0.05, 0) is 18.1 Å². The molecule has 1 unspecified atom stereocenters. The lowest BCUT2D eigenvalue weighted by Gasteiger charge is -2.35. The number of nitrogens with zero attached hydrogens (tertiary/aromatic N) is 1. The summed E-state index contributed by atoms with van der Waals surface area (Å²) in [6.07, 6.45) is -1.63. The Labute approximate surface area is 122 Å². The number of rotatable bonds is 4. The third kappa shape index (κ3) is 3.06. The SMILES string of the molecule is O=C1OCc2cc(CCN3CCNCC3C(F)F)ccc21. The average molecular weight is 296 g/mol. The van der Waals surface area contributed by atoms with Gasteiger partial charge in [-0.3, -0.25) is 4.90 Å². The molecule has 1 atom stereocenters. The van der Waals surface area contributed by atoms with Crippen LogP contribution in [-0.4, -0.2) is 49.5 Å². The van der Waals surface area contributed by atoms with E-state index in [4.69, 9.17) is 4.74 Å². The zero-order chi connectivity index (χ0) is 14.8. The van der Waals surface area contributed by atoms with E-state index in [1.54, 1.807) is 6.07 Å². The molecule has 1 aromatic rings. The Bertz CT molecular complexity index is 536. The molecule has 1 saturated heterocycles. The first-order chi connectivity index (χ1) is 10.1. The molecule has 6 heteroatoms. The number of benzene rings is 1. The number of carbonyl (C=O) groups excluding carboxylic acids is 1. The highest BCUT2D eigenvalue weighted by Crippen LogP contribution is 2.21. The molecule has 2 aliphatic rings. The van der Waals surface area contributed by atoms with Crippen molar-refractivity contribution in [1.82, 2.24) is 10.2 Å². The summed E-state index contributed by atoms with van der Waals surface area (Å²) in [5.41, 5.74) is 2.56. The molecule has 0 saturated carbocycles. The summed E-state index contributed by atoms with van der Waals surface area (Å²) in [6.45, 7) is 2.64. The molecule has 1 aromatic carbocycles. The van der Waals surface area contributed by atoms with Crippen LogP contribution in [0.3, 0.4) is 0 Å². The standard InChI is InChI=1S/C15H18F2N2O2/c16-14(17)13-8-18-4-6-19(13)5-3-10-1-2-12-11(7-10)9-21-15(12)20/h1-2,7,13-14,18H,3-6,8-9H2. The quantitative estimate of drug-likeness (QED) is 0.854. The van der Waals surface area contributed by atoms with Crippen LogP contribution in [0, 0.1) is 0 Å². The predicted molar refractivity (Wildman–Crippen MR) is 73.5 cm³/mol. The molecular formula is C15H18F2N2O2. The first-order valence-corrected chi connectivity index (χ1v) is 7.17. The Morgan fingerprint density at radius 1 is 1.43 bits per heavy atom. The van der Waals surface area contributed by atoms with Crippen molar-refractivity contribution < 1.29 is 18.3 Å². The zero-order valence-corrected chi connectivity index (χ0v) is 11.6. The number of ether oxygens (including phenoxy) is 1. The number of carbonyl (C=O) groups is 1. The van der Waals surface area contributed by atoms with E-state index < -0.39 is 12.5 Å². The van der Waals surface area contributed by atoms with Gasteiger partial charge in [-0.15, -0.1) is 0 Å². The molecule has 2 heterocycles. The molecule has 4 nitrogen and oxygen atoms in total. The fraction of sp³-hybridized carbons (Fsp3) is 0.533. The number of cyclic esters (lactones) is 1. The molecule has 0 radical (unpaired) electrons. The van der Waals surface area contributed by atoms with Gasteiger partial charge in [0.2, 0.25) is 0 Å². The minimum atomic E-state index is -2.33. The minimum Gasteiger partial charge on any atom is -0.457 e. The highest BCUT2D eigenvalue weighted by molar-refractivity contribution is 5.93. The number of piperazine rings is 1. The number of nitrogens with one attached hydrogen (secondary N) is 1. The van der Waals surface area contributed by atoms with E-state index in [0.29, 0.717) is 38.2 Å². The second-order valence-electron chi connectivity index (χ2n) is 5.46. The number of alkyl halides is 2. The molecule has 1 fully saturated rings. The van der Waals surface area contributed by atoms with Crippen LogP contribution in [0.4, 0.5) is 8.78 Å². The number of hydrogen-bond acceptors (Lipinski definition) is 4. The van der Waals surface area contributed by atoms with E-state index in [1.165, 1.54) is 0 Å². The van der Waals surface area contributed by atoms with Crippen LogP contribution in [-0.2, 0) is 17.8 Å².